The molecule has 1 aliphatic rings. The fourth-order valence-electron chi connectivity index (χ4n) is 4.13. The molecule has 0 saturated carbocycles. The Balaban J connectivity index is 1.70. The number of benzene rings is 3. The van der Waals surface area contributed by atoms with E-state index in [-0.39, 0.29) is 16.8 Å². The van der Waals surface area contributed by atoms with Crippen LogP contribution in [0, 0.1) is 0 Å². The first-order chi connectivity index (χ1) is 16.6. The van der Waals surface area contributed by atoms with Gasteiger partial charge in [0.05, 0.1) is 37.2 Å². The molecule has 3 aromatic carbocycles. The number of ketones is 1. The molecular weight excluding hydrogens is 434 g/mol. The Morgan fingerprint density at radius 2 is 1.65 bits per heavy atom. The smallest absolute Gasteiger partial charge is 0.200 e. The summed E-state index contributed by atoms with van der Waals surface area (Å²) < 4.78 is 24.0. The van der Waals surface area contributed by atoms with Crippen LogP contribution in [0.25, 0.3) is 10.9 Å². The fraction of sp³-hybridized carbons (Fsp3) is 0.185. The molecule has 2 heterocycles. The molecule has 0 spiro atoms. The Kier molecular flexibility index (Phi) is 5.67. The molecule has 0 atom stereocenters. The summed E-state index contributed by atoms with van der Waals surface area (Å²) in [6.07, 6.45) is 1.61. The average Bonchev–Trinajstić information content (AvgIpc) is 2.89. The fourth-order valence-corrected chi connectivity index (χ4v) is 4.13. The predicted octanol–water partition coefficient (Wildman–Crippen LogP) is 4.07. The standard InChI is InChI=1S/C27H23NO6/c1-31-19-9-7-17(8-10-19)26(29)21-16-28(15-18-5-3-4-6-23(18)32-2)22-14-25-24(33-11-12-34-25)13-20(22)27(21)30/h3-10,13-14,16H,11-12,15H2,1-2H3. The molecule has 34 heavy (non-hydrogen) atoms. The van der Waals surface area contributed by atoms with Crippen LogP contribution in [0.1, 0.15) is 21.5 Å². The predicted molar refractivity (Wildman–Crippen MR) is 128 cm³/mol. The highest BCUT2D eigenvalue weighted by Gasteiger charge is 2.21. The second-order valence-corrected chi connectivity index (χ2v) is 7.88. The van der Waals surface area contributed by atoms with E-state index in [0.717, 1.165) is 11.3 Å². The zero-order valence-electron chi connectivity index (χ0n) is 18.9. The van der Waals surface area contributed by atoms with Gasteiger partial charge in [-0.05, 0) is 36.4 Å². The number of ether oxygens (including phenoxy) is 4. The van der Waals surface area contributed by atoms with Gasteiger partial charge in [-0.2, -0.15) is 0 Å². The number of para-hydroxylation sites is 1. The molecule has 7 nitrogen and oxygen atoms in total. The van der Waals surface area contributed by atoms with Gasteiger partial charge in [-0.25, -0.2) is 0 Å². The van der Waals surface area contributed by atoms with Gasteiger partial charge in [-0.1, -0.05) is 18.2 Å². The summed E-state index contributed by atoms with van der Waals surface area (Å²) in [7, 11) is 3.17. The van der Waals surface area contributed by atoms with Crippen molar-refractivity contribution in [3.8, 4) is 23.0 Å². The van der Waals surface area contributed by atoms with E-state index >= 15 is 0 Å². The normalized spacial score (nSPS) is 12.4. The molecule has 0 unspecified atom stereocenters. The summed E-state index contributed by atoms with van der Waals surface area (Å²) >= 11 is 0. The van der Waals surface area contributed by atoms with Gasteiger partial charge in [0.25, 0.3) is 0 Å². The lowest BCUT2D eigenvalue weighted by Crippen LogP contribution is -2.21. The lowest BCUT2D eigenvalue weighted by atomic mass is 10.0. The number of carbonyl (C=O) groups is 1. The second-order valence-electron chi connectivity index (χ2n) is 7.88. The van der Waals surface area contributed by atoms with Gasteiger partial charge in [0.2, 0.25) is 5.43 Å². The monoisotopic (exact) mass is 457 g/mol. The molecule has 0 saturated heterocycles. The van der Waals surface area contributed by atoms with Crippen molar-refractivity contribution in [1.29, 1.82) is 0 Å². The topological polar surface area (TPSA) is 76.0 Å². The molecule has 1 aromatic heterocycles. The van der Waals surface area contributed by atoms with Crippen LogP contribution >= 0.6 is 0 Å². The van der Waals surface area contributed by atoms with E-state index in [2.05, 4.69) is 0 Å². The number of hydrogen-bond acceptors (Lipinski definition) is 6. The van der Waals surface area contributed by atoms with Crippen LogP contribution in [0.2, 0.25) is 0 Å². The summed E-state index contributed by atoms with van der Waals surface area (Å²) in [6, 6.07) is 17.8. The first kappa shape index (κ1) is 21.6. The minimum atomic E-state index is -0.363. The van der Waals surface area contributed by atoms with Gasteiger partial charge in [-0.15, -0.1) is 0 Å². The number of hydrogen-bond donors (Lipinski definition) is 0. The van der Waals surface area contributed by atoms with Crippen molar-refractivity contribution >= 4 is 16.7 Å². The Morgan fingerprint density at radius 1 is 0.941 bits per heavy atom. The second kappa shape index (κ2) is 8.94. The molecule has 1 aliphatic heterocycles. The summed E-state index contributed by atoms with van der Waals surface area (Å²) in [4.78, 5) is 26.9. The summed E-state index contributed by atoms with van der Waals surface area (Å²) in [5.74, 6) is 2.05. The van der Waals surface area contributed by atoms with Gasteiger partial charge < -0.3 is 23.5 Å². The Hall–Kier alpha value is -4.26. The Bertz CT molecular complexity index is 1440. The average molecular weight is 457 g/mol. The van der Waals surface area contributed by atoms with Crippen LogP contribution in [0.3, 0.4) is 0 Å². The molecule has 7 heteroatoms. The van der Waals surface area contributed by atoms with E-state index in [0.29, 0.717) is 53.5 Å². The van der Waals surface area contributed by atoms with Crippen molar-refractivity contribution in [3.63, 3.8) is 0 Å². The lowest BCUT2D eigenvalue weighted by molar-refractivity contribution is 0.103. The minimum absolute atomic E-state index is 0.0734. The quantitative estimate of drug-likeness (QED) is 0.407. The number of nitrogens with zero attached hydrogens (tertiary/aromatic N) is 1. The van der Waals surface area contributed by atoms with Crippen molar-refractivity contribution in [3.05, 3.63) is 93.8 Å². The van der Waals surface area contributed by atoms with Crippen molar-refractivity contribution < 1.29 is 23.7 Å². The molecular formula is C27H23NO6. The van der Waals surface area contributed by atoms with Crippen LogP contribution in [0.5, 0.6) is 23.0 Å². The number of methoxy groups -OCH3 is 2. The number of fused-ring (bicyclic) bond motifs is 2. The molecule has 4 aromatic rings. The summed E-state index contributed by atoms with van der Waals surface area (Å²) in [6.45, 7) is 1.23. The van der Waals surface area contributed by atoms with Crippen molar-refractivity contribution in [2.75, 3.05) is 27.4 Å². The van der Waals surface area contributed by atoms with Gasteiger partial charge in [0, 0.05) is 23.4 Å². The van der Waals surface area contributed by atoms with Crippen LogP contribution < -0.4 is 24.4 Å². The first-order valence-corrected chi connectivity index (χ1v) is 10.9. The minimum Gasteiger partial charge on any atom is -0.497 e. The molecule has 0 aliphatic carbocycles. The molecule has 5 rings (SSSR count). The molecule has 0 amide bonds. The highest BCUT2D eigenvalue weighted by atomic mass is 16.6. The van der Waals surface area contributed by atoms with Gasteiger partial charge in [0.1, 0.15) is 24.7 Å². The van der Waals surface area contributed by atoms with Crippen LogP contribution in [0.15, 0.2) is 71.7 Å². The van der Waals surface area contributed by atoms with Crippen LogP contribution in [0.4, 0.5) is 0 Å². The molecule has 0 bridgehead atoms. The molecule has 172 valence electrons. The van der Waals surface area contributed by atoms with E-state index in [1.54, 1.807) is 56.8 Å². The van der Waals surface area contributed by atoms with E-state index in [1.165, 1.54) is 0 Å². The molecule has 0 N–H and O–H groups in total. The van der Waals surface area contributed by atoms with Gasteiger partial charge in [-0.3, -0.25) is 9.59 Å². The maximum absolute atomic E-state index is 13.5. The number of pyridine rings is 1. The highest BCUT2D eigenvalue weighted by Crippen LogP contribution is 2.34. The number of aromatic nitrogens is 1. The van der Waals surface area contributed by atoms with Crippen molar-refractivity contribution in [2.45, 2.75) is 6.54 Å². The summed E-state index contributed by atoms with van der Waals surface area (Å²) in [5.41, 5.74) is 1.67. The Labute approximate surface area is 196 Å². The largest absolute Gasteiger partial charge is 0.497 e. The van der Waals surface area contributed by atoms with Gasteiger partial charge in [0.15, 0.2) is 17.3 Å². The van der Waals surface area contributed by atoms with Crippen molar-refractivity contribution in [1.82, 2.24) is 4.57 Å². The third kappa shape index (κ3) is 3.85. The van der Waals surface area contributed by atoms with E-state index in [9.17, 15) is 9.59 Å². The maximum atomic E-state index is 13.5. The third-order valence-electron chi connectivity index (χ3n) is 5.87. The SMILES string of the molecule is COc1ccc(C(=O)c2cn(Cc3ccccc3OC)c3cc4c(cc3c2=O)OCCO4)cc1. The van der Waals surface area contributed by atoms with E-state index in [1.807, 2.05) is 28.8 Å². The van der Waals surface area contributed by atoms with Gasteiger partial charge >= 0.3 is 0 Å². The van der Waals surface area contributed by atoms with Crippen molar-refractivity contribution in [2.24, 2.45) is 0 Å². The molecule has 0 fully saturated rings. The van der Waals surface area contributed by atoms with E-state index < -0.39 is 0 Å². The number of carbonyl (C=O) groups excluding carboxylic acids is 1. The zero-order chi connectivity index (χ0) is 23.7. The Morgan fingerprint density at radius 3 is 2.35 bits per heavy atom. The zero-order valence-corrected chi connectivity index (χ0v) is 18.9. The lowest BCUT2D eigenvalue weighted by Gasteiger charge is -2.21. The maximum Gasteiger partial charge on any atom is 0.200 e. The summed E-state index contributed by atoms with van der Waals surface area (Å²) in [5, 5.41) is 0.388. The first-order valence-electron chi connectivity index (χ1n) is 10.9. The third-order valence-corrected chi connectivity index (χ3v) is 5.87. The van der Waals surface area contributed by atoms with Crippen LogP contribution in [-0.2, 0) is 6.54 Å². The highest BCUT2D eigenvalue weighted by molar-refractivity contribution is 6.10. The molecule has 0 radical (unpaired) electrons. The number of rotatable bonds is 6. The van der Waals surface area contributed by atoms with Crippen LogP contribution in [-0.4, -0.2) is 37.8 Å². The van der Waals surface area contributed by atoms with E-state index in [4.69, 9.17) is 18.9 Å².